The number of carbonyl (C=O) groups is 1. The fourth-order valence-electron chi connectivity index (χ4n) is 4.35. The van der Waals surface area contributed by atoms with E-state index in [-0.39, 0.29) is 5.91 Å². The molecule has 1 aliphatic heterocycles. The number of benzene rings is 3. The molecule has 1 aromatic heterocycles. The molecule has 0 saturated carbocycles. The number of carbonyl (C=O) groups excluding carboxylic acids is 1. The summed E-state index contributed by atoms with van der Waals surface area (Å²) in [7, 11) is 1.69. The number of ether oxygens (including phenoxy) is 1. The number of nitrogens with one attached hydrogen (secondary N) is 1. The van der Waals surface area contributed by atoms with Crippen LogP contribution in [0, 0.1) is 0 Å². The number of methoxy groups -OCH3 is 1. The number of thiazole rings is 1. The Labute approximate surface area is 197 Å². The topological polar surface area (TPSA) is 57.7 Å². The summed E-state index contributed by atoms with van der Waals surface area (Å²) in [4.78, 5) is 22.1. The Morgan fingerprint density at radius 2 is 1.88 bits per heavy atom. The zero-order valence-corrected chi connectivity index (χ0v) is 19.6. The van der Waals surface area contributed by atoms with Crippen LogP contribution in [0.15, 0.2) is 60.7 Å². The highest BCUT2D eigenvalue weighted by Gasteiger charge is 2.20. The molecule has 1 aliphatic rings. The van der Waals surface area contributed by atoms with Gasteiger partial charge in [0.15, 0.2) is 5.13 Å². The molecular weight excluding hydrogens is 432 g/mol. The second kappa shape index (κ2) is 9.77. The molecule has 33 heavy (non-hydrogen) atoms. The third-order valence-electron chi connectivity index (χ3n) is 6.21. The summed E-state index contributed by atoms with van der Waals surface area (Å²) < 4.78 is 6.48. The molecule has 0 aliphatic carbocycles. The standard InChI is InChI=1S/C26H28N4O2S/c1-32-21-9-10-23-24(18-21)33-26(28-23)30-15-13-29(14-16-30)12-11-27-25(31)17-20-7-4-6-19-5-2-3-8-22(19)20/h2-10,18H,11-17H2,1H3,(H,27,31). The van der Waals surface area contributed by atoms with E-state index < -0.39 is 0 Å². The zero-order chi connectivity index (χ0) is 22.6. The summed E-state index contributed by atoms with van der Waals surface area (Å²) in [5.41, 5.74) is 2.10. The summed E-state index contributed by atoms with van der Waals surface area (Å²) in [6.45, 7) is 5.37. The summed E-state index contributed by atoms with van der Waals surface area (Å²) in [6, 6.07) is 20.4. The van der Waals surface area contributed by atoms with Crippen molar-refractivity contribution in [1.82, 2.24) is 15.2 Å². The number of nitrogens with zero attached hydrogens (tertiary/aromatic N) is 3. The highest BCUT2D eigenvalue weighted by molar-refractivity contribution is 7.22. The molecule has 6 nitrogen and oxygen atoms in total. The van der Waals surface area contributed by atoms with Gasteiger partial charge in [-0.05, 0) is 34.5 Å². The first-order chi connectivity index (χ1) is 16.2. The van der Waals surface area contributed by atoms with Crippen LogP contribution in [0.5, 0.6) is 5.75 Å². The van der Waals surface area contributed by atoms with E-state index in [4.69, 9.17) is 9.72 Å². The van der Waals surface area contributed by atoms with E-state index in [2.05, 4.69) is 33.3 Å². The van der Waals surface area contributed by atoms with E-state index in [0.29, 0.717) is 13.0 Å². The fraction of sp³-hybridized carbons (Fsp3) is 0.308. The summed E-state index contributed by atoms with van der Waals surface area (Å²) in [6.07, 6.45) is 0.414. The summed E-state index contributed by atoms with van der Waals surface area (Å²) >= 11 is 1.72. The van der Waals surface area contributed by atoms with Gasteiger partial charge in [0.1, 0.15) is 5.75 Å². The SMILES string of the molecule is COc1ccc2nc(N3CCN(CCNC(=O)Cc4cccc5ccccc45)CC3)sc2c1. The smallest absolute Gasteiger partial charge is 0.224 e. The predicted octanol–water partition coefficient (Wildman–Crippen LogP) is 3.94. The van der Waals surface area contributed by atoms with Crippen molar-refractivity contribution in [3.8, 4) is 5.75 Å². The minimum atomic E-state index is 0.0786. The van der Waals surface area contributed by atoms with Gasteiger partial charge in [-0.15, -0.1) is 0 Å². The maximum Gasteiger partial charge on any atom is 0.224 e. The third kappa shape index (κ3) is 4.94. The van der Waals surface area contributed by atoms with Gasteiger partial charge in [-0.25, -0.2) is 4.98 Å². The van der Waals surface area contributed by atoms with Crippen LogP contribution in [0.3, 0.4) is 0 Å². The van der Waals surface area contributed by atoms with Crippen molar-refractivity contribution < 1.29 is 9.53 Å². The zero-order valence-electron chi connectivity index (χ0n) is 18.8. The summed E-state index contributed by atoms with van der Waals surface area (Å²) in [5, 5.41) is 6.50. The van der Waals surface area contributed by atoms with Gasteiger partial charge >= 0.3 is 0 Å². The molecule has 170 valence electrons. The van der Waals surface area contributed by atoms with Crippen molar-refractivity contribution in [2.45, 2.75) is 6.42 Å². The van der Waals surface area contributed by atoms with Crippen molar-refractivity contribution in [3.05, 3.63) is 66.2 Å². The van der Waals surface area contributed by atoms with Crippen molar-refractivity contribution in [1.29, 1.82) is 0 Å². The molecule has 3 aromatic carbocycles. The van der Waals surface area contributed by atoms with Crippen LogP contribution in [0.1, 0.15) is 5.56 Å². The minimum Gasteiger partial charge on any atom is -0.497 e. The monoisotopic (exact) mass is 460 g/mol. The van der Waals surface area contributed by atoms with Crippen molar-refractivity contribution in [3.63, 3.8) is 0 Å². The molecule has 0 unspecified atom stereocenters. The molecule has 1 N–H and O–H groups in total. The van der Waals surface area contributed by atoms with Crippen LogP contribution in [0.2, 0.25) is 0 Å². The average molecular weight is 461 g/mol. The lowest BCUT2D eigenvalue weighted by Crippen LogP contribution is -2.48. The highest BCUT2D eigenvalue weighted by Crippen LogP contribution is 2.31. The van der Waals surface area contributed by atoms with E-state index >= 15 is 0 Å². The van der Waals surface area contributed by atoms with E-state index in [1.165, 1.54) is 5.39 Å². The first kappa shape index (κ1) is 21.7. The molecule has 0 radical (unpaired) electrons. The molecule has 1 saturated heterocycles. The predicted molar refractivity (Wildman–Crippen MR) is 135 cm³/mol. The van der Waals surface area contributed by atoms with Gasteiger partial charge in [-0.3, -0.25) is 9.69 Å². The van der Waals surface area contributed by atoms with Gasteiger partial charge in [0, 0.05) is 39.3 Å². The first-order valence-electron chi connectivity index (χ1n) is 11.3. The van der Waals surface area contributed by atoms with Crippen LogP contribution in [-0.2, 0) is 11.2 Å². The molecule has 2 heterocycles. The Kier molecular flexibility index (Phi) is 6.41. The third-order valence-corrected chi connectivity index (χ3v) is 7.29. The fourth-order valence-corrected chi connectivity index (χ4v) is 5.40. The molecule has 1 fully saturated rings. The molecule has 0 atom stereocenters. The number of anilines is 1. The Balaban J connectivity index is 1.09. The van der Waals surface area contributed by atoms with Crippen LogP contribution < -0.4 is 15.0 Å². The van der Waals surface area contributed by atoms with E-state index in [9.17, 15) is 4.79 Å². The number of hydrogen-bond acceptors (Lipinski definition) is 6. The van der Waals surface area contributed by atoms with E-state index in [0.717, 1.165) is 64.8 Å². The maximum atomic E-state index is 12.5. The molecular formula is C26H28N4O2S. The van der Waals surface area contributed by atoms with Crippen molar-refractivity contribution >= 4 is 43.4 Å². The van der Waals surface area contributed by atoms with Gasteiger partial charge < -0.3 is 15.0 Å². The van der Waals surface area contributed by atoms with E-state index in [1.807, 2.05) is 42.5 Å². The van der Waals surface area contributed by atoms with Gasteiger partial charge in [-0.2, -0.15) is 0 Å². The van der Waals surface area contributed by atoms with Gasteiger partial charge in [0.2, 0.25) is 5.91 Å². The second-order valence-electron chi connectivity index (χ2n) is 8.32. The Hall–Kier alpha value is -3.16. The molecule has 1 amide bonds. The average Bonchev–Trinajstić information content (AvgIpc) is 3.28. The number of hydrogen-bond donors (Lipinski definition) is 1. The quantitative estimate of drug-likeness (QED) is 0.453. The number of aromatic nitrogens is 1. The highest BCUT2D eigenvalue weighted by atomic mass is 32.1. The normalized spacial score (nSPS) is 14.6. The van der Waals surface area contributed by atoms with Gasteiger partial charge in [0.25, 0.3) is 0 Å². The Bertz CT molecular complexity index is 1260. The lowest BCUT2D eigenvalue weighted by Gasteiger charge is -2.34. The maximum absolute atomic E-state index is 12.5. The number of piperazine rings is 1. The van der Waals surface area contributed by atoms with Crippen LogP contribution in [-0.4, -0.2) is 62.2 Å². The summed E-state index contributed by atoms with van der Waals surface area (Å²) in [5.74, 6) is 0.944. The Morgan fingerprint density at radius 3 is 2.73 bits per heavy atom. The molecule has 7 heteroatoms. The molecule has 0 spiro atoms. The van der Waals surface area contributed by atoms with Crippen molar-refractivity contribution in [2.75, 3.05) is 51.3 Å². The minimum absolute atomic E-state index is 0.0786. The van der Waals surface area contributed by atoms with Gasteiger partial charge in [-0.1, -0.05) is 53.8 Å². The largest absolute Gasteiger partial charge is 0.497 e. The number of rotatable bonds is 7. The number of fused-ring (bicyclic) bond motifs is 2. The van der Waals surface area contributed by atoms with E-state index in [1.54, 1.807) is 18.4 Å². The van der Waals surface area contributed by atoms with Crippen LogP contribution in [0.4, 0.5) is 5.13 Å². The van der Waals surface area contributed by atoms with Crippen molar-refractivity contribution in [2.24, 2.45) is 0 Å². The van der Waals surface area contributed by atoms with Gasteiger partial charge in [0.05, 0.1) is 23.7 Å². The first-order valence-corrected chi connectivity index (χ1v) is 12.2. The molecule has 5 rings (SSSR count). The van der Waals surface area contributed by atoms with Crippen LogP contribution >= 0.6 is 11.3 Å². The second-order valence-corrected chi connectivity index (χ2v) is 9.33. The number of amides is 1. The Morgan fingerprint density at radius 1 is 1.06 bits per heavy atom. The lowest BCUT2D eigenvalue weighted by atomic mass is 10.0. The van der Waals surface area contributed by atoms with Crippen LogP contribution in [0.25, 0.3) is 21.0 Å². The molecule has 0 bridgehead atoms. The molecule has 4 aromatic rings. The lowest BCUT2D eigenvalue weighted by molar-refractivity contribution is -0.120.